The highest BCUT2D eigenvalue weighted by molar-refractivity contribution is 9.10. The van der Waals surface area contributed by atoms with Crippen LogP contribution in [-0.2, 0) is 6.54 Å². The van der Waals surface area contributed by atoms with Gasteiger partial charge in [-0.25, -0.2) is 0 Å². The van der Waals surface area contributed by atoms with Crippen LogP contribution in [-0.4, -0.2) is 4.98 Å². The molecule has 0 aliphatic carbocycles. The monoisotopic (exact) mass is 359 g/mol. The van der Waals surface area contributed by atoms with Gasteiger partial charge in [0.1, 0.15) is 6.07 Å². The van der Waals surface area contributed by atoms with E-state index >= 15 is 0 Å². The zero-order chi connectivity index (χ0) is 14.8. The van der Waals surface area contributed by atoms with Gasteiger partial charge < -0.3 is 10.3 Å². The Morgan fingerprint density at radius 3 is 2.81 bits per heavy atom. The molecule has 0 unspecified atom stereocenters. The van der Waals surface area contributed by atoms with E-state index in [0.29, 0.717) is 17.1 Å². The lowest BCUT2D eigenvalue weighted by molar-refractivity contribution is 1.08. The fourth-order valence-electron chi connectivity index (χ4n) is 2.23. The first-order valence-electron chi connectivity index (χ1n) is 6.37. The number of aromatic amines is 1. The number of para-hydroxylation sites is 1. The van der Waals surface area contributed by atoms with E-state index in [1.54, 1.807) is 6.07 Å². The summed E-state index contributed by atoms with van der Waals surface area (Å²) in [6.07, 6.45) is 0. The van der Waals surface area contributed by atoms with Crippen molar-refractivity contribution in [3.63, 3.8) is 0 Å². The van der Waals surface area contributed by atoms with Gasteiger partial charge in [-0.15, -0.1) is 0 Å². The molecule has 0 amide bonds. The zero-order valence-electron chi connectivity index (χ0n) is 11.0. The average molecular weight is 361 g/mol. The molecule has 1 heterocycles. The van der Waals surface area contributed by atoms with Crippen LogP contribution in [0, 0.1) is 11.3 Å². The molecule has 3 aromatic rings. The van der Waals surface area contributed by atoms with E-state index in [4.69, 9.17) is 16.9 Å². The molecule has 0 radical (unpaired) electrons. The standard InChI is InChI=1S/C16H11BrClN3/c17-11-6-5-10(8-19)14(7-11)20-9-15-16(18)12-3-1-2-4-13(12)21-15/h1-7,20-21H,9H2. The maximum absolute atomic E-state index is 9.14. The molecule has 0 aliphatic heterocycles. The number of hydrogen-bond acceptors (Lipinski definition) is 2. The summed E-state index contributed by atoms with van der Waals surface area (Å²) in [5.74, 6) is 0. The fraction of sp³-hybridized carbons (Fsp3) is 0.0625. The van der Waals surface area contributed by atoms with Gasteiger partial charge in [0.25, 0.3) is 0 Å². The molecule has 0 fully saturated rings. The molecule has 0 spiro atoms. The molecular formula is C16H11BrClN3. The van der Waals surface area contributed by atoms with Crippen LogP contribution in [0.2, 0.25) is 5.02 Å². The van der Waals surface area contributed by atoms with Gasteiger partial charge in [0.15, 0.2) is 0 Å². The molecule has 104 valence electrons. The molecule has 0 bridgehead atoms. The molecule has 3 rings (SSSR count). The first-order chi connectivity index (χ1) is 10.2. The third-order valence-electron chi connectivity index (χ3n) is 3.27. The van der Waals surface area contributed by atoms with Crippen LogP contribution in [0.25, 0.3) is 10.9 Å². The number of fused-ring (bicyclic) bond motifs is 1. The Kier molecular flexibility index (Phi) is 3.87. The minimum atomic E-state index is 0.526. The number of anilines is 1. The van der Waals surface area contributed by atoms with Crippen molar-refractivity contribution in [3.05, 3.63) is 63.2 Å². The predicted molar refractivity (Wildman–Crippen MR) is 89.5 cm³/mol. The zero-order valence-corrected chi connectivity index (χ0v) is 13.3. The second-order valence-corrected chi connectivity index (χ2v) is 5.91. The van der Waals surface area contributed by atoms with E-state index in [2.05, 4.69) is 32.3 Å². The molecule has 1 aromatic heterocycles. The van der Waals surface area contributed by atoms with Gasteiger partial charge in [0, 0.05) is 15.4 Å². The molecule has 2 N–H and O–H groups in total. The number of nitrogens with one attached hydrogen (secondary N) is 2. The number of hydrogen-bond donors (Lipinski definition) is 2. The van der Waals surface area contributed by atoms with Crippen molar-refractivity contribution >= 4 is 44.1 Å². The molecule has 3 nitrogen and oxygen atoms in total. The highest BCUT2D eigenvalue weighted by atomic mass is 79.9. The van der Waals surface area contributed by atoms with Crippen LogP contribution < -0.4 is 5.32 Å². The smallest absolute Gasteiger partial charge is 0.101 e. The van der Waals surface area contributed by atoms with Gasteiger partial charge in [-0.2, -0.15) is 5.26 Å². The lowest BCUT2D eigenvalue weighted by Crippen LogP contribution is -2.02. The fourth-order valence-corrected chi connectivity index (χ4v) is 2.87. The van der Waals surface area contributed by atoms with Crippen molar-refractivity contribution in [2.75, 3.05) is 5.32 Å². The van der Waals surface area contributed by atoms with Crippen molar-refractivity contribution in [1.82, 2.24) is 4.98 Å². The summed E-state index contributed by atoms with van der Waals surface area (Å²) in [5, 5.41) is 14.1. The molecule has 2 aromatic carbocycles. The summed E-state index contributed by atoms with van der Waals surface area (Å²) in [5.41, 5.74) is 3.29. The van der Waals surface area contributed by atoms with E-state index in [0.717, 1.165) is 26.8 Å². The maximum atomic E-state index is 9.14. The SMILES string of the molecule is N#Cc1ccc(Br)cc1NCc1[nH]c2ccccc2c1Cl. The number of benzene rings is 2. The molecule has 0 saturated heterocycles. The van der Waals surface area contributed by atoms with Crippen LogP contribution in [0.3, 0.4) is 0 Å². The van der Waals surface area contributed by atoms with Crippen LogP contribution in [0.4, 0.5) is 5.69 Å². The lowest BCUT2D eigenvalue weighted by atomic mass is 10.2. The quantitative estimate of drug-likeness (QED) is 0.685. The highest BCUT2D eigenvalue weighted by Gasteiger charge is 2.09. The van der Waals surface area contributed by atoms with E-state index < -0.39 is 0 Å². The van der Waals surface area contributed by atoms with Crippen molar-refractivity contribution in [1.29, 1.82) is 5.26 Å². The van der Waals surface area contributed by atoms with Crippen molar-refractivity contribution in [2.24, 2.45) is 0 Å². The molecule has 21 heavy (non-hydrogen) atoms. The second-order valence-electron chi connectivity index (χ2n) is 4.62. The maximum Gasteiger partial charge on any atom is 0.101 e. The minimum Gasteiger partial charge on any atom is -0.378 e. The van der Waals surface area contributed by atoms with E-state index in [1.165, 1.54) is 0 Å². The summed E-state index contributed by atoms with van der Waals surface area (Å²) in [6, 6.07) is 15.6. The van der Waals surface area contributed by atoms with Crippen LogP contribution in [0.1, 0.15) is 11.3 Å². The Balaban J connectivity index is 1.89. The van der Waals surface area contributed by atoms with Gasteiger partial charge in [-0.1, -0.05) is 45.7 Å². The number of nitriles is 1. The third-order valence-corrected chi connectivity index (χ3v) is 4.20. The minimum absolute atomic E-state index is 0.526. The Labute approximate surface area is 135 Å². The Morgan fingerprint density at radius 1 is 1.24 bits per heavy atom. The Morgan fingerprint density at radius 2 is 2.05 bits per heavy atom. The molecular weight excluding hydrogens is 350 g/mol. The first-order valence-corrected chi connectivity index (χ1v) is 7.55. The average Bonchev–Trinajstić information content (AvgIpc) is 2.82. The van der Waals surface area contributed by atoms with E-state index in [-0.39, 0.29) is 0 Å². The number of aromatic nitrogens is 1. The number of rotatable bonds is 3. The van der Waals surface area contributed by atoms with Crippen molar-refractivity contribution in [3.8, 4) is 6.07 Å². The summed E-state index contributed by atoms with van der Waals surface area (Å²) in [4.78, 5) is 3.30. The van der Waals surface area contributed by atoms with Crippen LogP contribution >= 0.6 is 27.5 Å². The summed E-state index contributed by atoms with van der Waals surface area (Å²) in [7, 11) is 0. The van der Waals surface area contributed by atoms with E-state index in [9.17, 15) is 0 Å². The van der Waals surface area contributed by atoms with Gasteiger partial charge >= 0.3 is 0 Å². The highest BCUT2D eigenvalue weighted by Crippen LogP contribution is 2.28. The molecule has 5 heteroatoms. The summed E-state index contributed by atoms with van der Waals surface area (Å²) >= 11 is 9.79. The number of halogens is 2. The molecule has 0 saturated carbocycles. The second kappa shape index (κ2) is 5.80. The van der Waals surface area contributed by atoms with Crippen LogP contribution in [0.15, 0.2) is 46.9 Å². The van der Waals surface area contributed by atoms with Crippen molar-refractivity contribution < 1.29 is 0 Å². The predicted octanol–water partition coefficient (Wildman–Crippen LogP) is 5.07. The topological polar surface area (TPSA) is 51.6 Å². The molecule has 0 aliphatic rings. The first kappa shape index (κ1) is 14.0. The van der Waals surface area contributed by atoms with Gasteiger partial charge in [0.05, 0.1) is 28.5 Å². The lowest BCUT2D eigenvalue weighted by Gasteiger charge is -2.08. The van der Waals surface area contributed by atoms with E-state index in [1.807, 2.05) is 36.4 Å². The largest absolute Gasteiger partial charge is 0.378 e. The van der Waals surface area contributed by atoms with Crippen molar-refractivity contribution in [2.45, 2.75) is 6.54 Å². The number of nitrogens with zero attached hydrogens (tertiary/aromatic N) is 1. The van der Waals surface area contributed by atoms with Gasteiger partial charge in [-0.3, -0.25) is 0 Å². The summed E-state index contributed by atoms with van der Waals surface area (Å²) < 4.78 is 0.923. The molecule has 0 atom stereocenters. The Hall–Kier alpha value is -1.96. The summed E-state index contributed by atoms with van der Waals surface area (Å²) in [6.45, 7) is 0.526. The Bertz CT molecular complexity index is 848. The third kappa shape index (κ3) is 2.76. The van der Waals surface area contributed by atoms with Crippen LogP contribution in [0.5, 0.6) is 0 Å². The normalized spacial score (nSPS) is 10.5. The van der Waals surface area contributed by atoms with Gasteiger partial charge in [-0.05, 0) is 24.3 Å². The van der Waals surface area contributed by atoms with Gasteiger partial charge in [0.2, 0.25) is 0 Å². The number of H-pyrrole nitrogens is 1.